The van der Waals surface area contributed by atoms with E-state index in [-0.39, 0.29) is 22.0 Å². The summed E-state index contributed by atoms with van der Waals surface area (Å²) in [5.74, 6) is 1.27. The Morgan fingerprint density at radius 3 is 2.47 bits per heavy atom. The second-order valence-corrected chi connectivity index (χ2v) is 11.3. The summed E-state index contributed by atoms with van der Waals surface area (Å²) in [5.41, 5.74) is 0.636. The first-order valence-electron chi connectivity index (χ1n) is 11.0. The largest absolute Gasteiger partial charge is 0.456 e. The van der Waals surface area contributed by atoms with Crippen molar-refractivity contribution in [2.24, 2.45) is 5.92 Å². The number of sulfonamides is 1. The maximum absolute atomic E-state index is 13.7. The first-order valence-corrected chi connectivity index (χ1v) is 13.2. The summed E-state index contributed by atoms with van der Waals surface area (Å²) in [6.07, 6.45) is 1.57. The molecule has 2 aliphatic heterocycles. The number of halogens is 1. The van der Waals surface area contributed by atoms with E-state index in [4.69, 9.17) is 9.47 Å². The van der Waals surface area contributed by atoms with E-state index in [9.17, 15) is 13.2 Å². The number of nitrogens with one attached hydrogen (secondary N) is 1. The molecule has 2 aliphatic rings. The molecule has 1 saturated heterocycles. The highest BCUT2D eigenvalue weighted by Crippen LogP contribution is 2.42. The molecule has 0 aromatic heterocycles. The summed E-state index contributed by atoms with van der Waals surface area (Å²) < 4.78 is 41.9. The number of carbonyl (C=O) groups excluding carboxylic acids is 1. The van der Waals surface area contributed by atoms with Gasteiger partial charge in [0.15, 0.2) is 11.5 Å². The average molecular weight is 543 g/mol. The maximum Gasteiger partial charge on any atom is 0.259 e. The SMILES string of the molecule is CC1CCN(S(=O)(=O)c2cc3c(cc2Oc2ccc(Br)cc2)Oc2ccccc2NC3=O)CC1. The van der Waals surface area contributed by atoms with Crippen molar-refractivity contribution in [3.8, 4) is 23.0 Å². The van der Waals surface area contributed by atoms with Crippen molar-refractivity contribution in [2.75, 3.05) is 18.4 Å². The highest BCUT2D eigenvalue weighted by Gasteiger charge is 2.34. The van der Waals surface area contributed by atoms with Gasteiger partial charge in [0.05, 0.1) is 11.3 Å². The van der Waals surface area contributed by atoms with Crippen molar-refractivity contribution in [3.05, 3.63) is 70.7 Å². The fourth-order valence-electron chi connectivity index (χ4n) is 4.05. The van der Waals surface area contributed by atoms with Crippen molar-refractivity contribution < 1.29 is 22.7 Å². The van der Waals surface area contributed by atoms with Crippen LogP contribution < -0.4 is 14.8 Å². The Kier molecular flexibility index (Phi) is 6.09. The van der Waals surface area contributed by atoms with Crippen LogP contribution in [-0.2, 0) is 10.0 Å². The lowest BCUT2D eigenvalue weighted by atomic mass is 10.0. The lowest BCUT2D eigenvalue weighted by molar-refractivity contribution is 0.102. The number of ether oxygens (including phenoxy) is 2. The number of nitrogens with zero attached hydrogens (tertiary/aromatic N) is 1. The van der Waals surface area contributed by atoms with Crippen molar-refractivity contribution in [3.63, 3.8) is 0 Å². The Morgan fingerprint density at radius 1 is 1.03 bits per heavy atom. The van der Waals surface area contributed by atoms with E-state index in [1.54, 1.807) is 48.5 Å². The van der Waals surface area contributed by atoms with Crippen LogP contribution in [0, 0.1) is 5.92 Å². The molecular weight excluding hydrogens is 520 g/mol. The van der Waals surface area contributed by atoms with Crippen molar-refractivity contribution in [1.29, 1.82) is 0 Å². The molecule has 0 unspecified atom stereocenters. The summed E-state index contributed by atoms with van der Waals surface area (Å²) in [6.45, 7) is 2.96. The quantitative estimate of drug-likeness (QED) is 0.435. The molecule has 0 atom stereocenters. The van der Waals surface area contributed by atoms with Crippen LogP contribution in [0.3, 0.4) is 0 Å². The van der Waals surface area contributed by atoms with Gasteiger partial charge < -0.3 is 14.8 Å². The number of piperidine rings is 1. The molecule has 5 rings (SSSR count). The number of hydrogen-bond acceptors (Lipinski definition) is 5. The van der Waals surface area contributed by atoms with Crippen LogP contribution in [0.2, 0.25) is 0 Å². The third-order valence-corrected chi connectivity index (χ3v) is 8.50. The molecule has 3 aromatic carbocycles. The van der Waals surface area contributed by atoms with Crippen molar-refractivity contribution >= 4 is 37.5 Å². The molecule has 1 fully saturated rings. The van der Waals surface area contributed by atoms with Crippen molar-refractivity contribution in [2.45, 2.75) is 24.7 Å². The molecular formula is C25H23BrN2O5S. The van der Waals surface area contributed by atoms with Gasteiger partial charge in [-0.3, -0.25) is 4.79 Å². The van der Waals surface area contributed by atoms with Gasteiger partial charge in [-0.25, -0.2) is 8.42 Å². The highest BCUT2D eigenvalue weighted by molar-refractivity contribution is 9.10. The monoisotopic (exact) mass is 542 g/mol. The minimum absolute atomic E-state index is 0.0616. The van der Waals surface area contributed by atoms with Crippen LogP contribution >= 0.6 is 15.9 Å². The summed E-state index contributed by atoms with van der Waals surface area (Å²) in [6, 6.07) is 17.0. The normalized spacial score (nSPS) is 16.6. The van der Waals surface area contributed by atoms with Crippen LogP contribution in [0.5, 0.6) is 23.0 Å². The Bertz CT molecular complexity index is 1350. The maximum atomic E-state index is 13.7. The van der Waals surface area contributed by atoms with Crippen molar-refractivity contribution in [1.82, 2.24) is 4.31 Å². The second-order valence-electron chi connectivity index (χ2n) is 8.49. The lowest BCUT2D eigenvalue weighted by Crippen LogP contribution is -2.38. The molecule has 176 valence electrons. The zero-order valence-electron chi connectivity index (χ0n) is 18.5. The first-order chi connectivity index (χ1) is 16.3. The van der Waals surface area contributed by atoms with Gasteiger partial charge in [0.2, 0.25) is 10.0 Å². The topological polar surface area (TPSA) is 84.9 Å². The number of hydrogen-bond donors (Lipinski definition) is 1. The van der Waals surface area contributed by atoms with E-state index in [2.05, 4.69) is 28.2 Å². The minimum Gasteiger partial charge on any atom is -0.456 e. The third-order valence-electron chi connectivity index (χ3n) is 6.05. The Hall–Kier alpha value is -2.88. The predicted octanol–water partition coefficient (Wildman–Crippen LogP) is 6.02. The molecule has 0 bridgehead atoms. The molecule has 9 heteroatoms. The fraction of sp³-hybridized carbons (Fsp3) is 0.240. The average Bonchev–Trinajstić information content (AvgIpc) is 2.95. The number of anilines is 1. The van der Waals surface area contributed by atoms with Crippen LogP contribution in [-0.4, -0.2) is 31.7 Å². The van der Waals surface area contributed by atoms with Gasteiger partial charge in [-0.05, 0) is 61.2 Å². The minimum atomic E-state index is -3.92. The highest BCUT2D eigenvalue weighted by atomic mass is 79.9. The smallest absolute Gasteiger partial charge is 0.259 e. The zero-order valence-corrected chi connectivity index (χ0v) is 20.9. The van der Waals surface area contributed by atoms with Gasteiger partial charge in [0.25, 0.3) is 5.91 Å². The standard InChI is InChI=1S/C25H23BrN2O5S/c1-16-10-12-28(13-11-16)34(30,31)24-14-19-22(15-23(24)32-18-8-6-17(26)7-9-18)33-21-5-3-2-4-20(21)27-25(19)29/h2-9,14-16H,10-13H2,1H3,(H,27,29). The number of benzene rings is 3. The van der Waals surface area contributed by atoms with E-state index in [0.717, 1.165) is 17.3 Å². The first kappa shape index (κ1) is 22.9. The van der Waals surface area contributed by atoms with Gasteiger partial charge in [-0.15, -0.1) is 0 Å². The Balaban J connectivity index is 1.63. The molecule has 3 aromatic rings. The lowest BCUT2D eigenvalue weighted by Gasteiger charge is -2.30. The van der Waals surface area contributed by atoms with Gasteiger partial charge >= 0.3 is 0 Å². The number of rotatable bonds is 4. The fourth-order valence-corrected chi connectivity index (χ4v) is 5.90. The predicted molar refractivity (Wildman–Crippen MR) is 132 cm³/mol. The number of amides is 1. The molecule has 2 heterocycles. The van der Waals surface area contributed by atoms with Crippen LogP contribution in [0.25, 0.3) is 0 Å². The van der Waals surface area contributed by atoms with E-state index in [1.807, 2.05) is 0 Å². The molecule has 0 spiro atoms. The molecule has 0 saturated carbocycles. The summed E-state index contributed by atoms with van der Waals surface area (Å²) in [7, 11) is -3.92. The number of para-hydroxylation sites is 2. The summed E-state index contributed by atoms with van der Waals surface area (Å²) in [4.78, 5) is 13.0. The van der Waals surface area contributed by atoms with E-state index in [0.29, 0.717) is 36.2 Å². The number of fused-ring (bicyclic) bond motifs is 2. The molecule has 34 heavy (non-hydrogen) atoms. The summed E-state index contributed by atoms with van der Waals surface area (Å²) >= 11 is 3.39. The molecule has 0 aliphatic carbocycles. The van der Waals surface area contributed by atoms with E-state index < -0.39 is 15.9 Å². The molecule has 7 nitrogen and oxygen atoms in total. The van der Waals surface area contributed by atoms with Crippen LogP contribution in [0.15, 0.2) is 70.0 Å². The molecule has 0 radical (unpaired) electrons. The van der Waals surface area contributed by atoms with Gasteiger partial charge in [0.1, 0.15) is 16.4 Å². The van der Waals surface area contributed by atoms with Gasteiger partial charge in [-0.1, -0.05) is 35.0 Å². The Morgan fingerprint density at radius 2 is 1.74 bits per heavy atom. The number of carbonyl (C=O) groups is 1. The van der Waals surface area contributed by atoms with E-state index >= 15 is 0 Å². The van der Waals surface area contributed by atoms with Gasteiger partial charge in [-0.2, -0.15) is 4.31 Å². The second kappa shape index (κ2) is 9.05. The molecule has 1 N–H and O–H groups in total. The Labute approximate surface area is 206 Å². The van der Waals surface area contributed by atoms with Crippen LogP contribution in [0.4, 0.5) is 5.69 Å². The van der Waals surface area contributed by atoms with Gasteiger partial charge in [0, 0.05) is 23.6 Å². The summed E-state index contributed by atoms with van der Waals surface area (Å²) in [5, 5.41) is 2.80. The van der Waals surface area contributed by atoms with Crippen LogP contribution in [0.1, 0.15) is 30.1 Å². The zero-order chi connectivity index (χ0) is 23.9. The third kappa shape index (κ3) is 4.43. The molecule has 1 amide bonds. The van der Waals surface area contributed by atoms with E-state index in [1.165, 1.54) is 16.4 Å².